The maximum absolute atomic E-state index is 12.5. The molecular formula is C22H23ClN2O3. The Kier molecular flexibility index (Phi) is 6.37. The third-order valence-corrected chi connectivity index (χ3v) is 4.98. The molecule has 0 aliphatic rings. The van der Waals surface area contributed by atoms with Crippen molar-refractivity contribution in [3.8, 4) is 11.5 Å². The highest BCUT2D eigenvalue weighted by atomic mass is 35.5. The number of fused-ring (bicyclic) bond motifs is 1. The molecule has 5 nitrogen and oxygen atoms in total. The number of phenols is 1. The van der Waals surface area contributed by atoms with Gasteiger partial charge in [0.1, 0.15) is 17.0 Å². The Labute approximate surface area is 169 Å². The molecule has 0 aliphatic carbocycles. The number of carbonyl (C=O) groups excluding carboxylic acids is 1. The molecule has 2 N–H and O–H groups in total. The number of ether oxygens (including phenoxy) is 1. The van der Waals surface area contributed by atoms with Crippen LogP contribution in [0, 0.1) is 0 Å². The molecule has 1 unspecified atom stereocenters. The molecule has 0 radical (unpaired) electrons. The summed E-state index contributed by atoms with van der Waals surface area (Å²) < 4.78 is 5.49. The number of methoxy groups -OCH3 is 1. The minimum absolute atomic E-state index is 0.00769. The molecule has 0 fully saturated rings. The number of carbonyl (C=O) groups is 1. The van der Waals surface area contributed by atoms with Gasteiger partial charge in [-0.25, -0.2) is 0 Å². The SMILES string of the molecule is CCCCC(=O)NC(c1ccccc1OC)c1cc(Cl)c2cccnc2c1O. The normalized spacial score (nSPS) is 12.0. The molecule has 1 amide bonds. The molecule has 0 saturated heterocycles. The van der Waals surface area contributed by atoms with Crippen LogP contribution in [0.3, 0.4) is 0 Å². The number of amides is 1. The van der Waals surface area contributed by atoms with Gasteiger partial charge in [0.15, 0.2) is 0 Å². The molecule has 146 valence electrons. The van der Waals surface area contributed by atoms with Crippen LogP contribution in [-0.2, 0) is 4.79 Å². The van der Waals surface area contributed by atoms with Crippen molar-refractivity contribution in [3.63, 3.8) is 0 Å². The van der Waals surface area contributed by atoms with Crippen LogP contribution >= 0.6 is 11.6 Å². The smallest absolute Gasteiger partial charge is 0.220 e. The number of phenolic OH excluding ortho intramolecular Hbond substituents is 1. The van der Waals surface area contributed by atoms with Crippen molar-refractivity contribution in [3.05, 3.63) is 64.8 Å². The van der Waals surface area contributed by atoms with Gasteiger partial charge in [0.05, 0.1) is 18.2 Å². The number of rotatable bonds is 7. The molecular weight excluding hydrogens is 376 g/mol. The fourth-order valence-corrected chi connectivity index (χ4v) is 3.49. The van der Waals surface area contributed by atoms with Crippen molar-refractivity contribution in [2.45, 2.75) is 32.2 Å². The molecule has 0 bridgehead atoms. The molecule has 1 heterocycles. The predicted molar refractivity (Wildman–Crippen MR) is 111 cm³/mol. The second kappa shape index (κ2) is 8.93. The maximum Gasteiger partial charge on any atom is 0.220 e. The molecule has 1 aromatic heterocycles. The predicted octanol–water partition coefficient (Wildman–Crippen LogP) is 5.00. The van der Waals surface area contributed by atoms with Crippen molar-refractivity contribution in [1.29, 1.82) is 0 Å². The van der Waals surface area contributed by atoms with Crippen molar-refractivity contribution in [1.82, 2.24) is 10.3 Å². The Bertz CT molecular complexity index is 991. The van der Waals surface area contributed by atoms with E-state index in [-0.39, 0.29) is 11.7 Å². The van der Waals surface area contributed by atoms with E-state index in [1.54, 1.807) is 31.5 Å². The first-order chi connectivity index (χ1) is 13.6. The van der Waals surface area contributed by atoms with E-state index in [9.17, 15) is 9.90 Å². The Balaban J connectivity index is 2.15. The summed E-state index contributed by atoms with van der Waals surface area (Å²) in [5.41, 5.74) is 1.61. The number of nitrogens with one attached hydrogen (secondary N) is 1. The Morgan fingerprint density at radius 2 is 2.04 bits per heavy atom. The molecule has 3 rings (SSSR count). The van der Waals surface area contributed by atoms with E-state index in [1.165, 1.54) is 0 Å². The van der Waals surface area contributed by atoms with E-state index in [0.29, 0.717) is 33.7 Å². The number of aromatic nitrogens is 1. The minimum Gasteiger partial charge on any atom is -0.505 e. The zero-order chi connectivity index (χ0) is 20.1. The number of hydrogen-bond acceptors (Lipinski definition) is 4. The summed E-state index contributed by atoms with van der Waals surface area (Å²) in [6, 6.07) is 12.0. The molecule has 6 heteroatoms. The van der Waals surface area contributed by atoms with Gasteiger partial charge in [-0.15, -0.1) is 0 Å². The second-order valence-corrected chi connectivity index (χ2v) is 6.95. The molecule has 0 spiro atoms. The molecule has 3 aromatic rings. The fraction of sp³-hybridized carbons (Fsp3) is 0.273. The van der Waals surface area contributed by atoms with Crippen LogP contribution in [-0.4, -0.2) is 23.1 Å². The van der Waals surface area contributed by atoms with Crippen LogP contribution in [0.5, 0.6) is 11.5 Å². The van der Waals surface area contributed by atoms with Crippen molar-refractivity contribution in [2.24, 2.45) is 0 Å². The summed E-state index contributed by atoms with van der Waals surface area (Å²) in [6.07, 6.45) is 3.71. The third-order valence-electron chi connectivity index (χ3n) is 4.67. The monoisotopic (exact) mass is 398 g/mol. The number of aromatic hydroxyl groups is 1. The molecule has 28 heavy (non-hydrogen) atoms. The van der Waals surface area contributed by atoms with Gasteiger partial charge in [-0.2, -0.15) is 0 Å². The number of halogens is 1. The van der Waals surface area contributed by atoms with Gasteiger partial charge < -0.3 is 15.2 Å². The average molecular weight is 399 g/mol. The van der Waals surface area contributed by atoms with Crippen LogP contribution in [0.4, 0.5) is 0 Å². The minimum atomic E-state index is -0.621. The summed E-state index contributed by atoms with van der Waals surface area (Å²) in [6.45, 7) is 2.03. The van der Waals surface area contributed by atoms with Gasteiger partial charge in [0.2, 0.25) is 5.91 Å². The van der Waals surface area contributed by atoms with Gasteiger partial charge in [-0.3, -0.25) is 9.78 Å². The number of benzene rings is 2. The average Bonchev–Trinajstić information content (AvgIpc) is 2.73. The van der Waals surface area contributed by atoms with Crippen molar-refractivity contribution in [2.75, 3.05) is 7.11 Å². The number of unbranched alkanes of at least 4 members (excludes halogenated alkanes) is 1. The Morgan fingerprint density at radius 3 is 2.79 bits per heavy atom. The Morgan fingerprint density at radius 1 is 1.25 bits per heavy atom. The number of hydrogen-bond donors (Lipinski definition) is 2. The lowest BCUT2D eigenvalue weighted by molar-refractivity contribution is -0.121. The van der Waals surface area contributed by atoms with Crippen LogP contribution in [0.2, 0.25) is 5.02 Å². The highest BCUT2D eigenvalue weighted by Gasteiger charge is 2.25. The summed E-state index contributed by atoms with van der Waals surface area (Å²) >= 11 is 6.46. The first kappa shape index (κ1) is 20.0. The lowest BCUT2D eigenvalue weighted by Crippen LogP contribution is -2.29. The molecule has 1 atom stereocenters. The van der Waals surface area contributed by atoms with Gasteiger partial charge in [-0.05, 0) is 30.7 Å². The number of nitrogens with zero attached hydrogens (tertiary/aromatic N) is 1. The lowest BCUT2D eigenvalue weighted by Gasteiger charge is -2.23. The van der Waals surface area contributed by atoms with E-state index in [0.717, 1.165) is 18.4 Å². The van der Waals surface area contributed by atoms with E-state index in [1.807, 2.05) is 31.2 Å². The van der Waals surface area contributed by atoms with Gasteiger partial charge >= 0.3 is 0 Å². The summed E-state index contributed by atoms with van der Waals surface area (Å²) in [5, 5.41) is 15.1. The van der Waals surface area contributed by atoms with Crippen LogP contribution < -0.4 is 10.1 Å². The highest BCUT2D eigenvalue weighted by Crippen LogP contribution is 2.40. The molecule has 0 aliphatic heterocycles. The highest BCUT2D eigenvalue weighted by molar-refractivity contribution is 6.35. The first-order valence-electron chi connectivity index (χ1n) is 9.25. The lowest BCUT2D eigenvalue weighted by atomic mass is 9.95. The third kappa shape index (κ3) is 4.04. The zero-order valence-corrected chi connectivity index (χ0v) is 16.7. The zero-order valence-electron chi connectivity index (χ0n) is 15.9. The number of para-hydroxylation sites is 1. The van der Waals surface area contributed by atoms with E-state index in [4.69, 9.17) is 16.3 Å². The van der Waals surface area contributed by atoms with Crippen LogP contribution in [0.1, 0.15) is 43.4 Å². The quantitative estimate of drug-likeness (QED) is 0.587. The summed E-state index contributed by atoms with van der Waals surface area (Å²) in [5.74, 6) is 0.501. The molecule has 2 aromatic carbocycles. The van der Waals surface area contributed by atoms with E-state index >= 15 is 0 Å². The largest absolute Gasteiger partial charge is 0.505 e. The standard InChI is InChI=1S/C22H23ClN2O3/c1-3-4-11-19(26)25-20(15-8-5-6-10-18(15)28-2)16-13-17(23)14-9-7-12-24-21(14)22(16)27/h5-10,12-13,20,27H,3-4,11H2,1-2H3,(H,25,26). The van der Waals surface area contributed by atoms with E-state index < -0.39 is 6.04 Å². The Hall–Kier alpha value is -2.79. The summed E-state index contributed by atoms with van der Waals surface area (Å²) in [7, 11) is 1.57. The first-order valence-corrected chi connectivity index (χ1v) is 9.63. The number of pyridine rings is 1. The fourth-order valence-electron chi connectivity index (χ4n) is 3.22. The van der Waals surface area contributed by atoms with Gasteiger partial charge in [0, 0.05) is 29.1 Å². The topological polar surface area (TPSA) is 71.5 Å². The van der Waals surface area contributed by atoms with Crippen LogP contribution in [0.25, 0.3) is 10.9 Å². The second-order valence-electron chi connectivity index (χ2n) is 6.54. The van der Waals surface area contributed by atoms with Gasteiger partial charge in [-0.1, -0.05) is 43.1 Å². The van der Waals surface area contributed by atoms with Crippen molar-refractivity contribution < 1.29 is 14.6 Å². The van der Waals surface area contributed by atoms with Crippen molar-refractivity contribution >= 4 is 28.4 Å². The maximum atomic E-state index is 12.5. The summed E-state index contributed by atoms with van der Waals surface area (Å²) in [4.78, 5) is 16.8. The van der Waals surface area contributed by atoms with E-state index in [2.05, 4.69) is 10.3 Å². The molecule has 0 saturated carbocycles. The van der Waals surface area contributed by atoms with Gasteiger partial charge in [0.25, 0.3) is 0 Å². The van der Waals surface area contributed by atoms with Crippen LogP contribution in [0.15, 0.2) is 48.7 Å².